The van der Waals surface area contributed by atoms with Gasteiger partial charge >= 0.3 is 0 Å². The molecule has 0 aliphatic carbocycles. The Labute approximate surface area is 178 Å². The fourth-order valence-corrected chi connectivity index (χ4v) is 5.05. The van der Waals surface area contributed by atoms with Crippen LogP contribution in [0, 0.1) is 0 Å². The monoisotopic (exact) mass is 433 g/mol. The quantitative estimate of drug-likeness (QED) is 0.399. The van der Waals surface area contributed by atoms with Crippen LogP contribution in [-0.2, 0) is 10.0 Å². The van der Waals surface area contributed by atoms with Gasteiger partial charge in [0.05, 0.1) is 21.7 Å². The Kier molecular flexibility index (Phi) is 4.46. The maximum atomic E-state index is 12.7. The summed E-state index contributed by atoms with van der Waals surface area (Å²) in [6.45, 7) is 0. The van der Waals surface area contributed by atoms with Crippen LogP contribution in [0.1, 0.15) is 0 Å². The van der Waals surface area contributed by atoms with Crippen LogP contribution in [-0.4, -0.2) is 18.0 Å². The minimum Gasteiger partial charge on any atom is -0.299 e. The van der Waals surface area contributed by atoms with Gasteiger partial charge in [-0.2, -0.15) is 0 Å². The normalized spacial score (nSPS) is 11.8. The van der Waals surface area contributed by atoms with Crippen molar-refractivity contribution in [3.05, 3.63) is 96.3 Å². The third-order valence-corrected chi connectivity index (χ3v) is 6.82. The van der Waals surface area contributed by atoms with Crippen molar-refractivity contribution in [3.8, 4) is 5.69 Å². The van der Waals surface area contributed by atoms with Crippen LogP contribution >= 0.6 is 11.6 Å². The zero-order valence-corrected chi connectivity index (χ0v) is 17.2. The lowest BCUT2D eigenvalue weighted by Gasteiger charge is -2.10. The summed E-state index contributed by atoms with van der Waals surface area (Å²) >= 11 is 6.05. The van der Waals surface area contributed by atoms with Gasteiger partial charge in [-0.15, -0.1) is 0 Å². The lowest BCUT2D eigenvalue weighted by atomic mass is 10.1. The van der Waals surface area contributed by atoms with E-state index in [0.29, 0.717) is 11.2 Å². The van der Waals surface area contributed by atoms with E-state index in [-0.39, 0.29) is 9.92 Å². The van der Waals surface area contributed by atoms with Gasteiger partial charge in [0.25, 0.3) is 10.0 Å². The first kappa shape index (κ1) is 18.7. The summed E-state index contributed by atoms with van der Waals surface area (Å²) in [5, 5.41) is 2.48. The fraction of sp³-hybridized carbons (Fsp3) is 0. The zero-order chi connectivity index (χ0) is 20.7. The molecule has 0 aliphatic rings. The average Bonchev–Trinajstić information content (AvgIpc) is 3.16. The molecular formula is C23H16ClN3O2S. The van der Waals surface area contributed by atoms with Gasteiger partial charge in [0, 0.05) is 5.69 Å². The topological polar surface area (TPSA) is 64.0 Å². The Morgan fingerprint density at radius 3 is 2.43 bits per heavy atom. The molecule has 0 bridgehead atoms. The van der Waals surface area contributed by atoms with Gasteiger partial charge in [-0.05, 0) is 53.2 Å². The number of aromatic nitrogens is 2. The Morgan fingerprint density at radius 2 is 1.60 bits per heavy atom. The molecule has 1 aromatic heterocycles. The van der Waals surface area contributed by atoms with E-state index in [9.17, 15) is 8.42 Å². The number of benzene rings is 4. The number of rotatable bonds is 4. The molecule has 148 valence electrons. The molecule has 0 saturated carbocycles. The van der Waals surface area contributed by atoms with E-state index in [2.05, 4.69) is 34.0 Å². The van der Waals surface area contributed by atoms with E-state index in [1.54, 1.807) is 36.7 Å². The van der Waals surface area contributed by atoms with E-state index >= 15 is 0 Å². The van der Waals surface area contributed by atoms with Crippen molar-refractivity contribution < 1.29 is 8.42 Å². The first-order chi connectivity index (χ1) is 14.5. The molecular weight excluding hydrogens is 418 g/mol. The minimum atomic E-state index is -3.80. The number of sulfonamides is 1. The van der Waals surface area contributed by atoms with Gasteiger partial charge in [-0.1, -0.05) is 54.1 Å². The number of hydrogen-bond donors (Lipinski definition) is 1. The highest BCUT2D eigenvalue weighted by Crippen LogP contribution is 2.27. The van der Waals surface area contributed by atoms with Gasteiger partial charge in [-0.25, -0.2) is 13.4 Å². The van der Waals surface area contributed by atoms with E-state index in [0.717, 1.165) is 16.6 Å². The lowest BCUT2D eigenvalue weighted by molar-refractivity contribution is 0.601. The molecule has 1 N–H and O–H groups in total. The highest BCUT2D eigenvalue weighted by atomic mass is 35.5. The van der Waals surface area contributed by atoms with Crippen LogP contribution < -0.4 is 4.72 Å². The predicted molar refractivity (Wildman–Crippen MR) is 121 cm³/mol. The molecule has 0 radical (unpaired) electrons. The van der Waals surface area contributed by atoms with Crippen molar-refractivity contribution in [1.29, 1.82) is 0 Å². The van der Waals surface area contributed by atoms with Crippen LogP contribution in [0.15, 0.2) is 96.2 Å². The molecule has 7 heteroatoms. The maximum absolute atomic E-state index is 12.7. The predicted octanol–water partition coefficient (Wildman–Crippen LogP) is 5.63. The van der Waals surface area contributed by atoms with Gasteiger partial charge in [0.1, 0.15) is 11.2 Å². The molecule has 0 fully saturated rings. The summed E-state index contributed by atoms with van der Waals surface area (Å²) < 4.78 is 29.9. The second kappa shape index (κ2) is 7.16. The fourth-order valence-electron chi connectivity index (χ4n) is 3.48. The van der Waals surface area contributed by atoms with Crippen molar-refractivity contribution in [2.45, 2.75) is 4.90 Å². The summed E-state index contributed by atoms with van der Waals surface area (Å²) in [4.78, 5) is 4.49. The molecule has 1 heterocycles. The molecule has 0 atom stereocenters. The standard InChI is InChI=1S/C23H16ClN3O2S/c24-20-7-3-4-8-23(20)30(28,29)26-18-10-12-22-21(14-18)25-15-27(22)19-11-9-16-5-1-2-6-17(16)13-19/h1-15,26H. The number of fused-ring (bicyclic) bond motifs is 2. The molecule has 5 nitrogen and oxygen atoms in total. The summed E-state index contributed by atoms with van der Waals surface area (Å²) in [6.07, 6.45) is 1.74. The summed E-state index contributed by atoms with van der Waals surface area (Å²) in [7, 11) is -3.80. The van der Waals surface area contributed by atoms with E-state index in [4.69, 9.17) is 11.6 Å². The summed E-state index contributed by atoms with van der Waals surface area (Å²) in [6, 6.07) is 26.0. The van der Waals surface area contributed by atoms with Crippen molar-refractivity contribution in [1.82, 2.24) is 9.55 Å². The van der Waals surface area contributed by atoms with Crippen LogP contribution in [0.2, 0.25) is 5.02 Å². The number of anilines is 1. The lowest BCUT2D eigenvalue weighted by Crippen LogP contribution is -2.13. The first-order valence-corrected chi connectivity index (χ1v) is 11.1. The Morgan fingerprint density at radius 1 is 0.833 bits per heavy atom. The average molecular weight is 434 g/mol. The molecule has 0 saturated heterocycles. The largest absolute Gasteiger partial charge is 0.299 e. The second-order valence-electron chi connectivity index (χ2n) is 6.89. The van der Waals surface area contributed by atoms with E-state index in [1.807, 2.05) is 28.8 Å². The molecule has 0 unspecified atom stereocenters. The van der Waals surface area contributed by atoms with Crippen molar-refractivity contribution in [3.63, 3.8) is 0 Å². The smallest absolute Gasteiger partial charge is 0.263 e. The van der Waals surface area contributed by atoms with Gasteiger partial charge < -0.3 is 0 Å². The third-order valence-electron chi connectivity index (χ3n) is 4.94. The first-order valence-electron chi connectivity index (χ1n) is 9.25. The Bertz CT molecular complexity index is 1510. The van der Waals surface area contributed by atoms with Crippen LogP contribution in [0.3, 0.4) is 0 Å². The molecule has 30 heavy (non-hydrogen) atoms. The number of imidazole rings is 1. The third kappa shape index (κ3) is 3.30. The SMILES string of the molecule is O=S(=O)(Nc1ccc2c(c1)ncn2-c1ccc2ccccc2c1)c1ccccc1Cl. The van der Waals surface area contributed by atoms with E-state index < -0.39 is 10.0 Å². The second-order valence-corrected chi connectivity index (χ2v) is 8.94. The number of hydrogen-bond acceptors (Lipinski definition) is 3. The van der Waals surface area contributed by atoms with Gasteiger partial charge in [0.2, 0.25) is 0 Å². The highest BCUT2D eigenvalue weighted by Gasteiger charge is 2.18. The molecule has 4 aromatic carbocycles. The highest BCUT2D eigenvalue weighted by molar-refractivity contribution is 7.92. The van der Waals surface area contributed by atoms with Crippen LogP contribution in [0.25, 0.3) is 27.5 Å². The summed E-state index contributed by atoms with van der Waals surface area (Å²) in [5.74, 6) is 0. The number of nitrogens with zero attached hydrogens (tertiary/aromatic N) is 2. The zero-order valence-electron chi connectivity index (χ0n) is 15.7. The molecule has 5 aromatic rings. The number of nitrogens with one attached hydrogen (secondary N) is 1. The molecule has 5 rings (SSSR count). The van der Waals surface area contributed by atoms with Crippen molar-refractivity contribution >= 4 is 49.1 Å². The van der Waals surface area contributed by atoms with Gasteiger partial charge in [-0.3, -0.25) is 9.29 Å². The van der Waals surface area contributed by atoms with Crippen molar-refractivity contribution in [2.24, 2.45) is 0 Å². The molecule has 0 spiro atoms. The number of halogens is 1. The minimum absolute atomic E-state index is 0.0356. The van der Waals surface area contributed by atoms with Crippen LogP contribution in [0.5, 0.6) is 0 Å². The van der Waals surface area contributed by atoms with E-state index in [1.165, 1.54) is 11.5 Å². The molecule has 0 amide bonds. The Hall–Kier alpha value is -3.35. The molecule has 0 aliphatic heterocycles. The Balaban J connectivity index is 1.51. The summed E-state index contributed by atoms with van der Waals surface area (Å²) in [5.41, 5.74) is 2.97. The van der Waals surface area contributed by atoms with Crippen LogP contribution in [0.4, 0.5) is 5.69 Å². The van der Waals surface area contributed by atoms with Crippen molar-refractivity contribution in [2.75, 3.05) is 4.72 Å². The maximum Gasteiger partial charge on any atom is 0.263 e. The van der Waals surface area contributed by atoms with Gasteiger partial charge in [0.15, 0.2) is 0 Å².